The highest BCUT2D eigenvalue weighted by Crippen LogP contribution is 2.48. The van der Waals surface area contributed by atoms with Crippen molar-refractivity contribution in [3.8, 4) is 28.7 Å². The van der Waals surface area contributed by atoms with Crippen LogP contribution in [0.4, 0.5) is 0 Å². The minimum atomic E-state index is 0.566. The van der Waals surface area contributed by atoms with Crippen LogP contribution in [0.5, 0.6) is 0 Å². The molecule has 0 unspecified atom stereocenters. The maximum absolute atomic E-state index is 6.97. The van der Waals surface area contributed by atoms with Crippen molar-refractivity contribution >= 4 is 76.1 Å². The summed E-state index contributed by atoms with van der Waals surface area (Å²) in [6.45, 7) is 0. The molecule has 0 bridgehead atoms. The van der Waals surface area contributed by atoms with Gasteiger partial charge >= 0.3 is 0 Å². The predicted molar refractivity (Wildman–Crippen MR) is 205 cm³/mol. The Kier molecular flexibility index (Phi) is 5.60. The second kappa shape index (κ2) is 10.3. The SMILES string of the molecule is c1ccc(-c2nc(-c3ccccc3)nc(-n3c4ccc5ccccc5c4c4c5c6ccc7ccccc7c6oc5c5ccccc5c43)n2)cc1. The Morgan fingerprint density at radius 1 is 0.380 bits per heavy atom. The average molecular weight is 639 g/mol. The van der Waals surface area contributed by atoms with Crippen LogP contribution in [-0.4, -0.2) is 19.5 Å². The van der Waals surface area contributed by atoms with Crippen molar-refractivity contribution in [3.63, 3.8) is 0 Å². The highest BCUT2D eigenvalue weighted by Gasteiger charge is 2.26. The molecule has 11 aromatic rings. The number of aromatic nitrogens is 4. The molecular weight excluding hydrogens is 613 g/mol. The molecule has 0 radical (unpaired) electrons. The van der Waals surface area contributed by atoms with Crippen LogP contribution in [0.15, 0.2) is 162 Å². The zero-order valence-electron chi connectivity index (χ0n) is 26.7. The van der Waals surface area contributed by atoms with E-state index in [1.165, 1.54) is 10.8 Å². The third-order valence-electron chi connectivity index (χ3n) is 10.0. The molecule has 0 atom stereocenters. The molecule has 0 aliphatic rings. The maximum atomic E-state index is 6.97. The van der Waals surface area contributed by atoms with Crippen molar-refractivity contribution in [1.82, 2.24) is 19.5 Å². The molecule has 0 amide bonds. The first kappa shape index (κ1) is 27.1. The fourth-order valence-corrected chi connectivity index (χ4v) is 7.81. The molecule has 0 saturated carbocycles. The zero-order valence-corrected chi connectivity index (χ0v) is 26.7. The molecule has 11 rings (SSSR count). The van der Waals surface area contributed by atoms with E-state index in [0.29, 0.717) is 17.6 Å². The van der Waals surface area contributed by atoms with E-state index in [9.17, 15) is 0 Å². The van der Waals surface area contributed by atoms with Gasteiger partial charge in [-0.3, -0.25) is 4.57 Å². The molecule has 50 heavy (non-hydrogen) atoms. The molecule has 0 fully saturated rings. The number of rotatable bonds is 3. The van der Waals surface area contributed by atoms with Crippen molar-refractivity contribution in [1.29, 1.82) is 0 Å². The summed E-state index contributed by atoms with van der Waals surface area (Å²) in [7, 11) is 0. The van der Waals surface area contributed by atoms with Crippen LogP contribution < -0.4 is 0 Å². The van der Waals surface area contributed by atoms with E-state index >= 15 is 0 Å². The van der Waals surface area contributed by atoms with Crippen molar-refractivity contribution < 1.29 is 4.42 Å². The molecule has 5 nitrogen and oxygen atoms in total. The molecule has 0 N–H and O–H groups in total. The highest BCUT2D eigenvalue weighted by molar-refractivity contribution is 6.39. The summed E-state index contributed by atoms with van der Waals surface area (Å²) < 4.78 is 9.22. The average Bonchev–Trinajstić information content (AvgIpc) is 3.76. The molecule has 0 aliphatic heterocycles. The van der Waals surface area contributed by atoms with Crippen LogP contribution >= 0.6 is 0 Å². The van der Waals surface area contributed by atoms with E-state index in [2.05, 4.69) is 102 Å². The Bertz CT molecular complexity index is 3080. The van der Waals surface area contributed by atoms with Crippen LogP contribution in [0, 0.1) is 0 Å². The third kappa shape index (κ3) is 3.80. The van der Waals surface area contributed by atoms with E-state index in [0.717, 1.165) is 76.4 Å². The van der Waals surface area contributed by atoms with Gasteiger partial charge in [0.2, 0.25) is 5.95 Å². The van der Waals surface area contributed by atoms with E-state index < -0.39 is 0 Å². The first-order valence-corrected chi connectivity index (χ1v) is 16.8. The predicted octanol–water partition coefficient (Wildman–Crippen LogP) is 11.7. The summed E-state index contributed by atoms with van der Waals surface area (Å²) in [6.07, 6.45) is 0. The summed E-state index contributed by atoms with van der Waals surface area (Å²) in [5.41, 5.74) is 5.71. The highest BCUT2D eigenvalue weighted by atomic mass is 16.3. The number of hydrogen-bond donors (Lipinski definition) is 0. The van der Waals surface area contributed by atoms with Crippen molar-refractivity contribution in [2.24, 2.45) is 0 Å². The van der Waals surface area contributed by atoms with E-state index in [1.807, 2.05) is 60.7 Å². The lowest BCUT2D eigenvalue weighted by Crippen LogP contribution is -2.06. The molecule has 0 spiro atoms. The number of benzene rings is 8. The quantitative estimate of drug-likeness (QED) is 0.193. The summed E-state index contributed by atoms with van der Waals surface area (Å²) in [5, 5.41) is 11.2. The number of fused-ring (bicyclic) bond motifs is 14. The van der Waals surface area contributed by atoms with Crippen molar-refractivity contribution in [2.75, 3.05) is 0 Å². The van der Waals surface area contributed by atoms with Crippen LogP contribution in [0.3, 0.4) is 0 Å². The Hall–Kier alpha value is -6.85. The van der Waals surface area contributed by atoms with Gasteiger partial charge in [0.15, 0.2) is 11.6 Å². The zero-order chi connectivity index (χ0) is 32.8. The van der Waals surface area contributed by atoms with Crippen LogP contribution in [0.1, 0.15) is 0 Å². The normalized spacial score (nSPS) is 12.0. The molecule has 3 heterocycles. The Morgan fingerprint density at radius 3 is 1.64 bits per heavy atom. The van der Waals surface area contributed by atoms with Gasteiger partial charge in [-0.15, -0.1) is 0 Å². The lowest BCUT2D eigenvalue weighted by molar-refractivity contribution is 0.676. The van der Waals surface area contributed by atoms with Gasteiger partial charge in [0.1, 0.15) is 11.2 Å². The second-order valence-corrected chi connectivity index (χ2v) is 12.8. The lowest BCUT2D eigenvalue weighted by atomic mass is 9.96. The van der Waals surface area contributed by atoms with Gasteiger partial charge in [0, 0.05) is 48.8 Å². The summed E-state index contributed by atoms with van der Waals surface area (Å²) in [5.74, 6) is 1.81. The van der Waals surface area contributed by atoms with Gasteiger partial charge in [-0.1, -0.05) is 146 Å². The largest absolute Gasteiger partial charge is 0.455 e. The lowest BCUT2D eigenvalue weighted by Gasteiger charge is -2.12. The van der Waals surface area contributed by atoms with Gasteiger partial charge in [-0.2, -0.15) is 9.97 Å². The van der Waals surface area contributed by atoms with Crippen molar-refractivity contribution in [2.45, 2.75) is 0 Å². The Labute approximate surface area is 285 Å². The van der Waals surface area contributed by atoms with E-state index in [1.54, 1.807) is 0 Å². The fraction of sp³-hybridized carbons (Fsp3) is 0. The minimum absolute atomic E-state index is 0.566. The first-order chi connectivity index (χ1) is 24.8. The van der Waals surface area contributed by atoms with Crippen molar-refractivity contribution in [3.05, 3.63) is 158 Å². The van der Waals surface area contributed by atoms with E-state index in [-0.39, 0.29) is 0 Å². The number of nitrogens with zero attached hydrogens (tertiary/aromatic N) is 4. The summed E-state index contributed by atoms with van der Waals surface area (Å²) in [4.78, 5) is 15.5. The molecule has 8 aromatic carbocycles. The topological polar surface area (TPSA) is 56.7 Å². The second-order valence-electron chi connectivity index (χ2n) is 12.8. The molecular formula is C45H26N4O. The smallest absolute Gasteiger partial charge is 0.238 e. The van der Waals surface area contributed by atoms with Gasteiger partial charge < -0.3 is 4.42 Å². The van der Waals surface area contributed by atoms with Crippen LogP contribution in [0.25, 0.3) is 105 Å². The molecule has 3 aromatic heterocycles. The monoisotopic (exact) mass is 638 g/mol. The van der Waals surface area contributed by atoms with E-state index in [4.69, 9.17) is 19.4 Å². The minimum Gasteiger partial charge on any atom is -0.455 e. The molecule has 0 aliphatic carbocycles. The Balaban J connectivity index is 1.40. The molecule has 5 heteroatoms. The van der Waals surface area contributed by atoms with Gasteiger partial charge in [-0.05, 0) is 28.3 Å². The van der Waals surface area contributed by atoms with Gasteiger partial charge in [0.05, 0.1) is 11.0 Å². The molecule has 0 saturated heterocycles. The fourth-order valence-electron chi connectivity index (χ4n) is 7.81. The summed E-state index contributed by atoms with van der Waals surface area (Å²) >= 11 is 0. The molecule has 232 valence electrons. The summed E-state index contributed by atoms with van der Waals surface area (Å²) in [6, 6.07) is 54.8. The maximum Gasteiger partial charge on any atom is 0.238 e. The standard InChI is InChI=1S/C45H26N4O/c1-3-15-29(16-4-1)43-46-44(30-17-5-2-6-18-30)48-45(47-43)49-36-26-24-27-13-7-9-19-31(27)37(36)39-38-35-25-23-28-14-8-10-20-32(28)41(35)50-42(38)34-22-12-11-21-33(34)40(39)49/h1-26H. The third-order valence-corrected chi connectivity index (χ3v) is 10.0. The number of furan rings is 1. The first-order valence-electron chi connectivity index (χ1n) is 16.8. The van der Waals surface area contributed by atoms with Crippen LogP contribution in [-0.2, 0) is 0 Å². The Morgan fingerprint density at radius 2 is 0.940 bits per heavy atom. The van der Waals surface area contributed by atoms with Gasteiger partial charge in [-0.25, -0.2) is 4.98 Å². The van der Waals surface area contributed by atoms with Crippen LogP contribution in [0.2, 0.25) is 0 Å². The van der Waals surface area contributed by atoms with Gasteiger partial charge in [0.25, 0.3) is 0 Å². The number of hydrogen-bond acceptors (Lipinski definition) is 4.